The van der Waals surface area contributed by atoms with Crippen molar-refractivity contribution in [2.24, 2.45) is 0 Å². The summed E-state index contributed by atoms with van der Waals surface area (Å²) in [6.07, 6.45) is 1.45. The van der Waals surface area contributed by atoms with Crippen LogP contribution >= 0.6 is 0 Å². The Balaban J connectivity index is 1.55. The van der Waals surface area contributed by atoms with Crippen LogP contribution in [0.4, 0.5) is 4.39 Å². The van der Waals surface area contributed by atoms with Gasteiger partial charge >= 0.3 is 0 Å². The number of fused-ring (bicyclic) bond motifs is 1. The summed E-state index contributed by atoms with van der Waals surface area (Å²) in [6, 6.07) is 19.0. The Kier molecular flexibility index (Phi) is 6.27. The molecule has 0 atom stereocenters. The standard InChI is InChI=1S/C26H26FN5O2Si/c1-35(2,3)14-13-33-17-32-30-23(19-9-11-20(27)12-10-19)25(31-32)24-21-15-22(18-7-5-4-6-8-18)34-26(21)29-16-28-24/h4-12,15-16H,13-14,17H2,1-3H3. The molecule has 0 saturated carbocycles. The van der Waals surface area contributed by atoms with E-state index in [0.29, 0.717) is 35.2 Å². The summed E-state index contributed by atoms with van der Waals surface area (Å²) in [5.41, 5.74) is 3.86. The zero-order valence-corrected chi connectivity index (χ0v) is 20.9. The third-order valence-corrected chi connectivity index (χ3v) is 7.29. The topological polar surface area (TPSA) is 78.9 Å². The van der Waals surface area contributed by atoms with Gasteiger partial charge in [0, 0.05) is 25.8 Å². The molecule has 2 aromatic carbocycles. The van der Waals surface area contributed by atoms with Crippen LogP contribution in [0.2, 0.25) is 25.7 Å². The van der Waals surface area contributed by atoms with Gasteiger partial charge in [-0.2, -0.15) is 9.90 Å². The maximum atomic E-state index is 13.6. The summed E-state index contributed by atoms with van der Waals surface area (Å²) in [5.74, 6) is 0.372. The molecule has 0 fully saturated rings. The fraction of sp³-hybridized carbons (Fsp3) is 0.231. The summed E-state index contributed by atoms with van der Waals surface area (Å²) in [4.78, 5) is 10.4. The molecule has 0 spiro atoms. The van der Waals surface area contributed by atoms with Crippen LogP contribution in [0.3, 0.4) is 0 Å². The molecule has 0 saturated heterocycles. The van der Waals surface area contributed by atoms with Gasteiger partial charge < -0.3 is 9.15 Å². The van der Waals surface area contributed by atoms with Crippen LogP contribution in [0.25, 0.3) is 45.1 Å². The number of ether oxygens (including phenoxy) is 1. The predicted molar refractivity (Wildman–Crippen MR) is 136 cm³/mol. The van der Waals surface area contributed by atoms with Gasteiger partial charge in [0.1, 0.15) is 35.0 Å². The van der Waals surface area contributed by atoms with E-state index in [9.17, 15) is 4.39 Å². The first-order chi connectivity index (χ1) is 16.9. The molecule has 0 unspecified atom stereocenters. The summed E-state index contributed by atoms with van der Waals surface area (Å²) < 4.78 is 25.5. The lowest BCUT2D eigenvalue weighted by Gasteiger charge is -2.14. The Morgan fingerprint density at radius 3 is 2.37 bits per heavy atom. The summed E-state index contributed by atoms with van der Waals surface area (Å²) in [5, 5.41) is 10.1. The number of rotatable bonds is 8. The van der Waals surface area contributed by atoms with Crippen LogP contribution < -0.4 is 0 Å². The van der Waals surface area contributed by atoms with Crippen LogP contribution in [0.15, 0.2) is 71.4 Å². The van der Waals surface area contributed by atoms with Crippen molar-refractivity contribution in [3.63, 3.8) is 0 Å². The van der Waals surface area contributed by atoms with Crippen molar-refractivity contribution >= 4 is 19.2 Å². The molecule has 0 radical (unpaired) electrons. The summed E-state index contributed by atoms with van der Waals surface area (Å²) in [6.45, 7) is 7.79. The molecule has 35 heavy (non-hydrogen) atoms. The molecule has 0 amide bonds. The van der Waals surface area contributed by atoms with E-state index in [1.54, 1.807) is 12.1 Å². The SMILES string of the molecule is C[Si](C)(C)CCOCn1nc(-c2ccc(F)cc2)c(-c2ncnc3oc(-c4ccccc4)cc23)n1. The van der Waals surface area contributed by atoms with Crippen molar-refractivity contribution in [1.82, 2.24) is 25.0 Å². The van der Waals surface area contributed by atoms with Gasteiger partial charge in [-0.25, -0.2) is 14.4 Å². The van der Waals surface area contributed by atoms with Gasteiger partial charge in [-0.15, -0.1) is 5.10 Å². The Hall–Kier alpha value is -3.69. The minimum atomic E-state index is -1.21. The zero-order chi connectivity index (χ0) is 24.4. The van der Waals surface area contributed by atoms with Gasteiger partial charge in [0.2, 0.25) is 5.71 Å². The third kappa shape index (κ3) is 5.20. The van der Waals surface area contributed by atoms with Gasteiger partial charge in [0.15, 0.2) is 6.73 Å². The first-order valence-corrected chi connectivity index (χ1v) is 15.2. The van der Waals surface area contributed by atoms with E-state index >= 15 is 0 Å². The minimum absolute atomic E-state index is 0.216. The number of nitrogens with zero attached hydrogens (tertiary/aromatic N) is 5. The van der Waals surface area contributed by atoms with Gasteiger partial charge in [-0.05, 0) is 36.4 Å². The van der Waals surface area contributed by atoms with Crippen LogP contribution in [-0.2, 0) is 11.5 Å². The quantitative estimate of drug-likeness (QED) is 0.190. The molecule has 0 aliphatic carbocycles. The molecule has 0 bridgehead atoms. The molecule has 178 valence electrons. The van der Waals surface area contributed by atoms with E-state index in [1.165, 1.54) is 23.3 Å². The Bertz CT molecular complexity index is 1440. The van der Waals surface area contributed by atoms with E-state index in [-0.39, 0.29) is 12.5 Å². The van der Waals surface area contributed by atoms with E-state index in [0.717, 1.165) is 22.6 Å². The van der Waals surface area contributed by atoms with E-state index in [1.807, 2.05) is 36.4 Å². The van der Waals surface area contributed by atoms with Crippen molar-refractivity contribution in [2.45, 2.75) is 32.4 Å². The number of furan rings is 1. The van der Waals surface area contributed by atoms with Gasteiger partial charge in [0.05, 0.1) is 5.39 Å². The van der Waals surface area contributed by atoms with Crippen molar-refractivity contribution in [1.29, 1.82) is 0 Å². The second kappa shape index (κ2) is 9.51. The molecule has 5 aromatic rings. The molecule has 5 rings (SSSR count). The fourth-order valence-electron chi connectivity index (χ4n) is 3.68. The summed E-state index contributed by atoms with van der Waals surface area (Å²) >= 11 is 0. The highest BCUT2D eigenvalue weighted by molar-refractivity contribution is 6.76. The number of halogens is 1. The van der Waals surface area contributed by atoms with Crippen LogP contribution in [0.5, 0.6) is 0 Å². The largest absolute Gasteiger partial charge is 0.438 e. The van der Waals surface area contributed by atoms with Gasteiger partial charge in [-0.1, -0.05) is 50.0 Å². The van der Waals surface area contributed by atoms with Crippen molar-refractivity contribution in [3.8, 4) is 34.0 Å². The average Bonchev–Trinajstić information content (AvgIpc) is 3.47. The first kappa shape index (κ1) is 23.1. The number of hydrogen-bond donors (Lipinski definition) is 0. The van der Waals surface area contributed by atoms with Crippen LogP contribution in [0, 0.1) is 5.82 Å². The highest BCUT2D eigenvalue weighted by Crippen LogP contribution is 2.35. The monoisotopic (exact) mass is 487 g/mol. The second-order valence-corrected chi connectivity index (χ2v) is 15.2. The molecule has 3 heterocycles. The lowest BCUT2D eigenvalue weighted by atomic mass is 10.1. The number of aromatic nitrogens is 5. The van der Waals surface area contributed by atoms with Gasteiger partial charge in [0.25, 0.3) is 0 Å². The molecule has 0 aliphatic rings. The lowest BCUT2D eigenvalue weighted by molar-refractivity contribution is 0.0688. The molecule has 9 heteroatoms. The molecular weight excluding hydrogens is 461 g/mol. The van der Waals surface area contributed by atoms with E-state index in [4.69, 9.17) is 14.3 Å². The molecule has 7 nitrogen and oxygen atoms in total. The number of benzene rings is 2. The van der Waals surface area contributed by atoms with Crippen LogP contribution in [-0.4, -0.2) is 39.6 Å². The predicted octanol–water partition coefficient (Wildman–Crippen LogP) is 6.27. The normalized spacial score (nSPS) is 11.9. The molecule has 0 N–H and O–H groups in total. The zero-order valence-electron chi connectivity index (χ0n) is 19.9. The van der Waals surface area contributed by atoms with Crippen molar-refractivity contribution in [3.05, 3.63) is 72.8 Å². The van der Waals surface area contributed by atoms with Gasteiger partial charge in [-0.3, -0.25) is 0 Å². The Labute approximate surface area is 203 Å². The van der Waals surface area contributed by atoms with Crippen LogP contribution in [0.1, 0.15) is 0 Å². The molecule has 0 aliphatic heterocycles. The van der Waals surface area contributed by atoms with E-state index in [2.05, 4.69) is 34.7 Å². The highest BCUT2D eigenvalue weighted by atomic mass is 28.3. The van der Waals surface area contributed by atoms with E-state index < -0.39 is 8.07 Å². The van der Waals surface area contributed by atoms with Crippen molar-refractivity contribution in [2.75, 3.05) is 6.61 Å². The molecular formula is C26H26FN5O2Si. The summed E-state index contributed by atoms with van der Waals surface area (Å²) in [7, 11) is -1.21. The first-order valence-electron chi connectivity index (χ1n) is 11.5. The fourth-order valence-corrected chi connectivity index (χ4v) is 4.44. The average molecular weight is 488 g/mol. The maximum absolute atomic E-state index is 13.6. The molecule has 3 aromatic heterocycles. The smallest absolute Gasteiger partial charge is 0.230 e. The lowest BCUT2D eigenvalue weighted by Crippen LogP contribution is -2.22. The number of hydrogen-bond acceptors (Lipinski definition) is 6. The Morgan fingerprint density at radius 1 is 0.886 bits per heavy atom. The maximum Gasteiger partial charge on any atom is 0.230 e. The minimum Gasteiger partial charge on any atom is -0.438 e. The Morgan fingerprint density at radius 2 is 1.63 bits per heavy atom. The van der Waals surface area contributed by atoms with Crippen molar-refractivity contribution < 1.29 is 13.5 Å². The highest BCUT2D eigenvalue weighted by Gasteiger charge is 2.21. The second-order valence-electron chi connectivity index (χ2n) is 9.54. The third-order valence-electron chi connectivity index (χ3n) is 5.59.